The second kappa shape index (κ2) is 6.77. The molecule has 0 saturated heterocycles. The summed E-state index contributed by atoms with van der Waals surface area (Å²) >= 11 is 0. The van der Waals surface area contributed by atoms with Gasteiger partial charge in [0, 0.05) is 12.5 Å². The van der Waals surface area contributed by atoms with Gasteiger partial charge in [0.2, 0.25) is 0 Å². The first-order chi connectivity index (χ1) is 10.3. The van der Waals surface area contributed by atoms with Crippen LogP contribution in [0.3, 0.4) is 0 Å². The summed E-state index contributed by atoms with van der Waals surface area (Å²) in [5, 5.41) is 3.60. The van der Waals surface area contributed by atoms with Crippen LogP contribution < -0.4 is 10.1 Å². The number of hydrogen-bond acceptors (Lipinski definition) is 2. The normalized spacial score (nSPS) is 18.0. The number of para-hydroxylation sites is 1. The first-order valence-electron chi connectivity index (χ1n) is 7.85. The molecule has 0 spiro atoms. The molecule has 1 heterocycles. The minimum Gasteiger partial charge on any atom is -0.488 e. The Morgan fingerprint density at radius 3 is 2.67 bits per heavy atom. The maximum atomic E-state index is 6.02. The molecule has 0 aromatic heterocycles. The van der Waals surface area contributed by atoms with Gasteiger partial charge in [0.05, 0.1) is 0 Å². The predicted octanol–water partition coefficient (Wildman–Crippen LogP) is 3.60. The molecule has 21 heavy (non-hydrogen) atoms. The van der Waals surface area contributed by atoms with Gasteiger partial charge < -0.3 is 10.1 Å². The van der Waals surface area contributed by atoms with Crippen molar-refractivity contribution in [1.82, 2.24) is 5.32 Å². The van der Waals surface area contributed by atoms with Crippen LogP contribution in [0.1, 0.15) is 24.5 Å². The lowest BCUT2D eigenvalue weighted by atomic mass is 10.1. The summed E-state index contributed by atoms with van der Waals surface area (Å²) < 4.78 is 6.02. The largest absolute Gasteiger partial charge is 0.488 e. The number of fused-ring (bicyclic) bond motifs is 1. The van der Waals surface area contributed by atoms with E-state index < -0.39 is 0 Å². The molecule has 2 aromatic rings. The molecule has 0 aliphatic carbocycles. The highest BCUT2D eigenvalue weighted by molar-refractivity contribution is 5.37. The molecule has 1 aliphatic heterocycles. The Balaban J connectivity index is 1.41. The second-order valence-electron chi connectivity index (χ2n) is 5.80. The van der Waals surface area contributed by atoms with Gasteiger partial charge in [0.1, 0.15) is 11.9 Å². The zero-order chi connectivity index (χ0) is 14.5. The third-order valence-corrected chi connectivity index (χ3v) is 4.18. The molecule has 2 unspecified atom stereocenters. The highest BCUT2D eigenvalue weighted by atomic mass is 16.5. The maximum Gasteiger partial charge on any atom is 0.123 e. The van der Waals surface area contributed by atoms with Gasteiger partial charge >= 0.3 is 0 Å². The van der Waals surface area contributed by atoms with Gasteiger partial charge in [-0.15, -0.1) is 0 Å². The minimum absolute atomic E-state index is 0.263. The van der Waals surface area contributed by atoms with Gasteiger partial charge in [-0.3, -0.25) is 0 Å². The molecule has 2 heteroatoms. The van der Waals surface area contributed by atoms with E-state index in [4.69, 9.17) is 4.74 Å². The average Bonchev–Trinajstić information content (AvgIpc) is 2.96. The summed E-state index contributed by atoms with van der Waals surface area (Å²) in [5.74, 6) is 1.06. The molecule has 3 rings (SSSR count). The topological polar surface area (TPSA) is 21.3 Å². The van der Waals surface area contributed by atoms with Crippen LogP contribution in [0.2, 0.25) is 0 Å². The van der Waals surface area contributed by atoms with Gasteiger partial charge in [-0.2, -0.15) is 0 Å². The SMILES string of the molecule is CC(NCCCc1ccccc1)C1Cc2ccccc2O1. The Morgan fingerprint density at radius 1 is 1.10 bits per heavy atom. The number of rotatable bonds is 6. The number of nitrogens with one attached hydrogen (secondary N) is 1. The minimum atomic E-state index is 0.263. The molecule has 110 valence electrons. The fourth-order valence-corrected chi connectivity index (χ4v) is 2.89. The van der Waals surface area contributed by atoms with Crippen molar-refractivity contribution in [2.24, 2.45) is 0 Å². The van der Waals surface area contributed by atoms with E-state index in [1.807, 2.05) is 6.07 Å². The van der Waals surface area contributed by atoms with E-state index >= 15 is 0 Å². The van der Waals surface area contributed by atoms with Gasteiger partial charge in [-0.1, -0.05) is 48.5 Å². The van der Waals surface area contributed by atoms with E-state index in [0.29, 0.717) is 6.04 Å². The molecule has 0 saturated carbocycles. The van der Waals surface area contributed by atoms with E-state index in [1.165, 1.54) is 11.1 Å². The van der Waals surface area contributed by atoms with Crippen molar-refractivity contribution in [3.05, 3.63) is 65.7 Å². The number of aryl methyl sites for hydroxylation is 1. The van der Waals surface area contributed by atoms with E-state index in [9.17, 15) is 0 Å². The van der Waals surface area contributed by atoms with Gasteiger partial charge in [-0.05, 0) is 43.5 Å². The van der Waals surface area contributed by atoms with Crippen LogP contribution >= 0.6 is 0 Å². The first kappa shape index (κ1) is 14.2. The molecule has 1 aliphatic rings. The van der Waals surface area contributed by atoms with Crippen molar-refractivity contribution in [1.29, 1.82) is 0 Å². The van der Waals surface area contributed by atoms with Crippen molar-refractivity contribution in [3.8, 4) is 5.75 Å². The third kappa shape index (κ3) is 3.64. The van der Waals surface area contributed by atoms with Crippen LogP contribution in [0, 0.1) is 0 Å². The summed E-state index contributed by atoms with van der Waals surface area (Å²) in [6, 6.07) is 19.4. The van der Waals surface area contributed by atoms with Crippen LogP contribution in [0.5, 0.6) is 5.75 Å². The second-order valence-corrected chi connectivity index (χ2v) is 5.80. The van der Waals surface area contributed by atoms with Gasteiger partial charge in [0.15, 0.2) is 0 Å². The number of benzene rings is 2. The molecule has 2 atom stereocenters. The monoisotopic (exact) mass is 281 g/mol. The molecule has 0 radical (unpaired) electrons. The maximum absolute atomic E-state index is 6.02. The van der Waals surface area contributed by atoms with Crippen molar-refractivity contribution < 1.29 is 4.74 Å². The Bertz CT molecular complexity index is 542. The van der Waals surface area contributed by atoms with Crippen LogP contribution in [0.4, 0.5) is 0 Å². The Morgan fingerprint density at radius 2 is 1.86 bits per heavy atom. The summed E-state index contributed by atoms with van der Waals surface area (Å²) in [6.07, 6.45) is 3.57. The molecule has 0 fully saturated rings. The van der Waals surface area contributed by atoms with Crippen LogP contribution in [0.25, 0.3) is 0 Å². The molecule has 2 nitrogen and oxygen atoms in total. The van der Waals surface area contributed by atoms with Crippen molar-refractivity contribution in [2.75, 3.05) is 6.54 Å². The highest BCUT2D eigenvalue weighted by Gasteiger charge is 2.26. The van der Waals surface area contributed by atoms with Crippen LogP contribution in [-0.4, -0.2) is 18.7 Å². The lowest BCUT2D eigenvalue weighted by molar-refractivity contribution is 0.186. The highest BCUT2D eigenvalue weighted by Crippen LogP contribution is 2.29. The smallest absolute Gasteiger partial charge is 0.123 e. The summed E-state index contributed by atoms with van der Waals surface area (Å²) in [7, 11) is 0. The van der Waals surface area contributed by atoms with Gasteiger partial charge in [-0.25, -0.2) is 0 Å². The fraction of sp³-hybridized carbons (Fsp3) is 0.368. The molecule has 2 aromatic carbocycles. The Labute approximate surface area is 127 Å². The standard InChI is InChI=1S/C19H23NO/c1-15(19-14-17-11-5-6-12-18(17)21-19)20-13-7-10-16-8-3-2-4-9-16/h2-6,8-9,11-12,15,19-20H,7,10,13-14H2,1H3. The number of hydrogen-bond donors (Lipinski definition) is 1. The lowest BCUT2D eigenvalue weighted by Crippen LogP contribution is -2.40. The van der Waals surface area contributed by atoms with E-state index in [1.54, 1.807) is 0 Å². The van der Waals surface area contributed by atoms with Crippen molar-refractivity contribution >= 4 is 0 Å². The fourth-order valence-electron chi connectivity index (χ4n) is 2.89. The van der Waals surface area contributed by atoms with E-state index in [2.05, 4.69) is 60.8 Å². The Kier molecular flexibility index (Phi) is 4.56. The lowest BCUT2D eigenvalue weighted by Gasteiger charge is -2.20. The summed E-state index contributed by atoms with van der Waals surface area (Å²) in [5.41, 5.74) is 2.75. The average molecular weight is 281 g/mol. The van der Waals surface area contributed by atoms with E-state index in [0.717, 1.165) is 31.6 Å². The van der Waals surface area contributed by atoms with Crippen molar-refractivity contribution in [3.63, 3.8) is 0 Å². The van der Waals surface area contributed by atoms with Gasteiger partial charge in [0.25, 0.3) is 0 Å². The number of ether oxygens (including phenoxy) is 1. The van der Waals surface area contributed by atoms with Crippen LogP contribution in [0.15, 0.2) is 54.6 Å². The molecular formula is C19H23NO. The molecule has 1 N–H and O–H groups in total. The zero-order valence-corrected chi connectivity index (χ0v) is 12.6. The first-order valence-corrected chi connectivity index (χ1v) is 7.85. The molecule has 0 amide bonds. The zero-order valence-electron chi connectivity index (χ0n) is 12.6. The van der Waals surface area contributed by atoms with E-state index in [-0.39, 0.29) is 6.10 Å². The summed E-state index contributed by atoms with van der Waals surface area (Å²) in [4.78, 5) is 0. The van der Waals surface area contributed by atoms with Crippen LogP contribution in [-0.2, 0) is 12.8 Å². The quantitative estimate of drug-likeness (QED) is 0.817. The van der Waals surface area contributed by atoms with Crippen molar-refractivity contribution in [2.45, 2.75) is 38.3 Å². The Hall–Kier alpha value is -1.80. The summed E-state index contributed by atoms with van der Waals surface area (Å²) in [6.45, 7) is 3.26. The molecular weight excluding hydrogens is 258 g/mol. The predicted molar refractivity (Wildman–Crippen MR) is 86.8 cm³/mol. The molecule has 0 bridgehead atoms. The third-order valence-electron chi connectivity index (χ3n) is 4.18.